The normalized spacial score (nSPS) is 10.3. The zero-order chi connectivity index (χ0) is 12.4. The topological polar surface area (TPSA) is 55.1 Å². The number of nitrogens with one attached hydrogen (secondary N) is 1. The molecular weight excluding hydrogens is 263 g/mol. The quantitative estimate of drug-likeness (QED) is 0.908. The van der Waals surface area contributed by atoms with Crippen LogP contribution in [-0.4, -0.2) is 10.9 Å². The standard InChI is InChI=1S/C11H8Cl2N2O2/c1-6-5-14-11(17-6)10(16)15-7-2-3-8(12)9(13)4-7/h2-5H,1H3,(H,15,16). The summed E-state index contributed by atoms with van der Waals surface area (Å²) in [5.74, 6) is 0.148. The zero-order valence-corrected chi connectivity index (χ0v) is 10.3. The molecule has 1 aromatic heterocycles. The van der Waals surface area contributed by atoms with E-state index in [1.807, 2.05) is 0 Å². The Balaban J connectivity index is 2.15. The van der Waals surface area contributed by atoms with Gasteiger partial charge in [-0.2, -0.15) is 0 Å². The lowest BCUT2D eigenvalue weighted by Crippen LogP contribution is -2.12. The van der Waals surface area contributed by atoms with Gasteiger partial charge in [0.2, 0.25) is 0 Å². The van der Waals surface area contributed by atoms with Crippen molar-refractivity contribution in [3.63, 3.8) is 0 Å². The van der Waals surface area contributed by atoms with E-state index in [0.29, 0.717) is 21.5 Å². The molecule has 2 rings (SSSR count). The van der Waals surface area contributed by atoms with Gasteiger partial charge in [-0.05, 0) is 25.1 Å². The van der Waals surface area contributed by atoms with E-state index in [-0.39, 0.29) is 5.89 Å². The molecule has 2 aromatic rings. The summed E-state index contributed by atoms with van der Waals surface area (Å²) in [5.41, 5.74) is 0.528. The molecule has 17 heavy (non-hydrogen) atoms. The van der Waals surface area contributed by atoms with Gasteiger partial charge in [0, 0.05) is 5.69 Å². The Labute approximate surface area is 108 Å². The van der Waals surface area contributed by atoms with Gasteiger partial charge in [0.05, 0.1) is 16.2 Å². The molecule has 0 saturated heterocycles. The molecule has 0 unspecified atom stereocenters. The first-order valence-corrected chi connectivity index (χ1v) is 5.50. The van der Waals surface area contributed by atoms with E-state index in [1.165, 1.54) is 6.20 Å². The summed E-state index contributed by atoms with van der Waals surface area (Å²) < 4.78 is 5.09. The highest BCUT2D eigenvalue weighted by Gasteiger charge is 2.12. The molecule has 1 heterocycles. The molecule has 0 spiro atoms. The number of hydrogen-bond acceptors (Lipinski definition) is 3. The van der Waals surface area contributed by atoms with Crippen molar-refractivity contribution in [1.82, 2.24) is 4.98 Å². The summed E-state index contributed by atoms with van der Waals surface area (Å²) in [4.78, 5) is 15.5. The van der Waals surface area contributed by atoms with E-state index >= 15 is 0 Å². The molecular formula is C11H8Cl2N2O2. The Morgan fingerprint density at radius 3 is 2.71 bits per heavy atom. The third kappa shape index (κ3) is 2.78. The lowest BCUT2D eigenvalue weighted by Gasteiger charge is -2.03. The minimum absolute atomic E-state index is 0.00794. The van der Waals surface area contributed by atoms with Gasteiger partial charge in [-0.1, -0.05) is 23.2 Å². The van der Waals surface area contributed by atoms with Crippen molar-refractivity contribution >= 4 is 34.8 Å². The number of rotatable bonds is 2. The molecule has 0 atom stereocenters. The SMILES string of the molecule is Cc1cnc(C(=O)Nc2ccc(Cl)c(Cl)c2)o1. The maximum Gasteiger partial charge on any atom is 0.311 e. The van der Waals surface area contributed by atoms with E-state index in [4.69, 9.17) is 27.6 Å². The lowest BCUT2D eigenvalue weighted by molar-refractivity contribution is 0.0989. The Hall–Kier alpha value is -1.52. The van der Waals surface area contributed by atoms with E-state index in [1.54, 1.807) is 25.1 Å². The average Bonchev–Trinajstić information content (AvgIpc) is 2.70. The summed E-state index contributed by atoms with van der Waals surface area (Å²) >= 11 is 11.6. The molecule has 1 aromatic carbocycles. The number of carbonyl (C=O) groups is 1. The first-order valence-electron chi connectivity index (χ1n) is 4.75. The van der Waals surface area contributed by atoms with Crippen LogP contribution < -0.4 is 5.32 Å². The second-order valence-electron chi connectivity index (χ2n) is 3.36. The van der Waals surface area contributed by atoms with Crippen molar-refractivity contribution in [3.05, 3.63) is 46.1 Å². The smallest absolute Gasteiger partial charge is 0.311 e. The Kier molecular flexibility index (Phi) is 3.36. The molecule has 0 saturated carbocycles. The largest absolute Gasteiger partial charge is 0.438 e. The van der Waals surface area contributed by atoms with Gasteiger partial charge in [-0.25, -0.2) is 4.98 Å². The number of anilines is 1. The molecule has 0 aliphatic rings. The highest BCUT2D eigenvalue weighted by atomic mass is 35.5. The van der Waals surface area contributed by atoms with E-state index in [2.05, 4.69) is 10.3 Å². The number of benzene rings is 1. The van der Waals surface area contributed by atoms with Crippen molar-refractivity contribution < 1.29 is 9.21 Å². The van der Waals surface area contributed by atoms with Crippen LogP contribution in [0.1, 0.15) is 16.4 Å². The average molecular weight is 271 g/mol. The number of halogens is 2. The first kappa shape index (κ1) is 12.0. The lowest BCUT2D eigenvalue weighted by atomic mass is 10.3. The molecule has 0 radical (unpaired) electrons. The Bertz CT molecular complexity index is 566. The van der Waals surface area contributed by atoms with Crippen molar-refractivity contribution in [2.75, 3.05) is 5.32 Å². The minimum atomic E-state index is -0.434. The molecule has 1 amide bonds. The van der Waals surface area contributed by atoms with Gasteiger partial charge in [0.25, 0.3) is 5.89 Å². The van der Waals surface area contributed by atoms with Crippen molar-refractivity contribution in [1.29, 1.82) is 0 Å². The van der Waals surface area contributed by atoms with Crippen LogP contribution in [0.2, 0.25) is 10.0 Å². The summed E-state index contributed by atoms with van der Waals surface area (Å²) in [5, 5.41) is 3.40. The summed E-state index contributed by atoms with van der Waals surface area (Å²) in [6.07, 6.45) is 1.48. The van der Waals surface area contributed by atoms with Crippen LogP contribution in [0.5, 0.6) is 0 Å². The van der Waals surface area contributed by atoms with E-state index in [0.717, 1.165) is 0 Å². The van der Waals surface area contributed by atoms with E-state index < -0.39 is 5.91 Å². The highest BCUT2D eigenvalue weighted by molar-refractivity contribution is 6.42. The minimum Gasteiger partial charge on any atom is -0.438 e. The number of hydrogen-bond donors (Lipinski definition) is 1. The number of carbonyl (C=O) groups excluding carboxylic acids is 1. The number of aromatic nitrogens is 1. The first-order chi connectivity index (χ1) is 8.06. The molecule has 6 heteroatoms. The molecule has 4 nitrogen and oxygen atoms in total. The van der Waals surface area contributed by atoms with Gasteiger partial charge >= 0.3 is 5.91 Å². The Morgan fingerprint density at radius 1 is 1.35 bits per heavy atom. The molecule has 88 valence electrons. The van der Waals surface area contributed by atoms with Crippen molar-refractivity contribution in [3.8, 4) is 0 Å². The predicted molar refractivity (Wildman–Crippen MR) is 65.7 cm³/mol. The number of oxazole rings is 1. The zero-order valence-electron chi connectivity index (χ0n) is 8.83. The second-order valence-corrected chi connectivity index (χ2v) is 4.17. The summed E-state index contributed by atoms with van der Waals surface area (Å²) in [6.45, 7) is 1.71. The van der Waals surface area contributed by atoms with Crippen LogP contribution in [0.15, 0.2) is 28.8 Å². The predicted octanol–water partition coefficient (Wildman–Crippen LogP) is 3.54. The van der Waals surface area contributed by atoms with Gasteiger partial charge in [-0.15, -0.1) is 0 Å². The summed E-state index contributed by atoms with van der Waals surface area (Å²) in [7, 11) is 0. The van der Waals surface area contributed by atoms with Crippen LogP contribution in [0, 0.1) is 6.92 Å². The number of aryl methyl sites for hydroxylation is 1. The van der Waals surface area contributed by atoms with Gasteiger partial charge in [-0.3, -0.25) is 4.79 Å². The maximum absolute atomic E-state index is 11.7. The van der Waals surface area contributed by atoms with Crippen LogP contribution >= 0.6 is 23.2 Å². The van der Waals surface area contributed by atoms with Gasteiger partial charge in [0.1, 0.15) is 5.76 Å². The van der Waals surface area contributed by atoms with Crippen LogP contribution in [0.3, 0.4) is 0 Å². The molecule has 0 aliphatic carbocycles. The van der Waals surface area contributed by atoms with Crippen LogP contribution in [0.25, 0.3) is 0 Å². The third-order valence-electron chi connectivity index (χ3n) is 1.99. The molecule has 0 bridgehead atoms. The number of amides is 1. The second kappa shape index (κ2) is 4.77. The highest BCUT2D eigenvalue weighted by Crippen LogP contribution is 2.25. The summed E-state index contributed by atoms with van der Waals surface area (Å²) in [6, 6.07) is 4.79. The maximum atomic E-state index is 11.7. The Morgan fingerprint density at radius 2 is 2.12 bits per heavy atom. The van der Waals surface area contributed by atoms with Gasteiger partial charge < -0.3 is 9.73 Å². The fraction of sp³-hybridized carbons (Fsp3) is 0.0909. The third-order valence-corrected chi connectivity index (χ3v) is 2.73. The van der Waals surface area contributed by atoms with E-state index in [9.17, 15) is 4.79 Å². The fourth-order valence-corrected chi connectivity index (χ4v) is 1.52. The number of nitrogens with zero attached hydrogens (tertiary/aromatic N) is 1. The molecule has 0 aliphatic heterocycles. The van der Waals surface area contributed by atoms with Crippen LogP contribution in [0.4, 0.5) is 5.69 Å². The van der Waals surface area contributed by atoms with Crippen LogP contribution in [-0.2, 0) is 0 Å². The van der Waals surface area contributed by atoms with Crippen molar-refractivity contribution in [2.24, 2.45) is 0 Å². The van der Waals surface area contributed by atoms with Crippen molar-refractivity contribution in [2.45, 2.75) is 6.92 Å². The molecule has 1 N–H and O–H groups in total. The van der Waals surface area contributed by atoms with Gasteiger partial charge in [0.15, 0.2) is 0 Å². The fourth-order valence-electron chi connectivity index (χ4n) is 1.22. The molecule has 0 fully saturated rings. The monoisotopic (exact) mass is 270 g/mol.